The predicted molar refractivity (Wildman–Crippen MR) is 76.0 cm³/mol. The van der Waals surface area contributed by atoms with Crippen LogP contribution in [0.5, 0.6) is 0 Å². The molecule has 3 rings (SSSR count). The molecule has 0 saturated carbocycles. The molecule has 1 N–H and O–H groups in total. The molecule has 2 atom stereocenters. The summed E-state index contributed by atoms with van der Waals surface area (Å²) in [5.74, 6) is 0.00614. The first-order chi connectivity index (χ1) is 9.63. The van der Waals surface area contributed by atoms with Crippen LogP contribution in [0.3, 0.4) is 0 Å². The van der Waals surface area contributed by atoms with Crippen molar-refractivity contribution in [2.45, 2.75) is 31.3 Å². The number of aromatic nitrogens is 1. The Hall–Kier alpha value is -2.18. The van der Waals surface area contributed by atoms with Crippen LogP contribution in [0.25, 0.3) is 0 Å². The second kappa shape index (κ2) is 4.73. The van der Waals surface area contributed by atoms with Crippen LogP contribution in [-0.4, -0.2) is 10.1 Å². The van der Waals surface area contributed by atoms with Gasteiger partial charge in [0.15, 0.2) is 0 Å². The summed E-state index contributed by atoms with van der Waals surface area (Å²) in [6.07, 6.45) is 3.64. The molecule has 100 valence electrons. The van der Waals surface area contributed by atoms with Crippen molar-refractivity contribution in [3.63, 3.8) is 0 Å². The topological polar surface area (TPSA) is 56.9 Å². The van der Waals surface area contributed by atoms with Crippen molar-refractivity contribution in [2.75, 3.05) is 0 Å². The van der Waals surface area contributed by atoms with Crippen molar-refractivity contribution < 1.29 is 5.11 Å². The van der Waals surface area contributed by atoms with E-state index in [1.54, 1.807) is 18.3 Å². The smallest absolute Gasteiger partial charge is 0.0991 e. The number of benzene rings is 1. The van der Waals surface area contributed by atoms with Gasteiger partial charge in [0.05, 0.1) is 17.2 Å². The highest BCUT2D eigenvalue weighted by atomic mass is 16.3. The van der Waals surface area contributed by atoms with Crippen LogP contribution in [0.2, 0.25) is 0 Å². The van der Waals surface area contributed by atoms with Crippen molar-refractivity contribution in [3.8, 4) is 6.07 Å². The molecule has 0 aliphatic heterocycles. The molecule has 20 heavy (non-hydrogen) atoms. The van der Waals surface area contributed by atoms with Crippen LogP contribution >= 0.6 is 0 Å². The first-order valence-electron chi connectivity index (χ1n) is 6.79. The van der Waals surface area contributed by atoms with Crippen LogP contribution in [-0.2, 0) is 12.0 Å². The fourth-order valence-electron chi connectivity index (χ4n) is 3.04. The Morgan fingerprint density at radius 2 is 2.05 bits per heavy atom. The zero-order chi connectivity index (χ0) is 14.2. The number of nitriles is 1. The summed E-state index contributed by atoms with van der Waals surface area (Å²) in [6, 6.07) is 13.3. The fraction of sp³-hybridized carbons (Fsp3) is 0.294. The van der Waals surface area contributed by atoms with Crippen LogP contribution < -0.4 is 0 Å². The van der Waals surface area contributed by atoms with Gasteiger partial charge in [-0.25, -0.2) is 0 Å². The normalized spacial score (nSPS) is 19.9. The van der Waals surface area contributed by atoms with Gasteiger partial charge in [-0.2, -0.15) is 5.26 Å². The molecule has 3 nitrogen and oxygen atoms in total. The van der Waals surface area contributed by atoms with E-state index >= 15 is 0 Å². The number of rotatable bonds is 2. The lowest BCUT2D eigenvalue weighted by Gasteiger charge is -2.30. The van der Waals surface area contributed by atoms with E-state index in [9.17, 15) is 5.11 Å². The van der Waals surface area contributed by atoms with E-state index < -0.39 is 5.60 Å². The monoisotopic (exact) mass is 264 g/mol. The minimum Gasteiger partial charge on any atom is -0.385 e. The van der Waals surface area contributed by atoms with E-state index in [0.29, 0.717) is 5.56 Å². The maximum absolute atomic E-state index is 11.0. The third kappa shape index (κ3) is 1.99. The number of aliphatic hydroxyl groups is 1. The van der Waals surface area contributed by atoms with Gasteiger partial charge in [0.2, 0.25) is 0 Å². The van der Waals surface area contributed by atoms with Gasteiger partial charge in [0, 0.05) is 17.8 Å². The summed E-state index contributed by atoms with van der Waals surface area (Å²) in [7, 11) is 0. The molecule has 0 spiro atoms. The van der Waals surface area contributed by atoms with E-state index in [2.05, 4.69) is 17.1 Å². The van der Waals surface area contributed by atoms with Gasteiger partial charge in [-0.1, -0.05) is 18.2 Å². The minimum atomic E-state index is -0.965. The zero-order valence-electron chi connectivity index (χ0n) is 11.4. The Morgan fingerprint density at radius 3 is 2.75 bits per heavy atom. The number of pyridine rings is 1. The van der Waals surface area contributed by atoms with E-state index in [0.717, 1.165) is 24.1 Å². The molecule has 0 saturated heterocycles. The summed E-state index contributed by atoms with van der Waals surface area (Å²) < 4.78 is 0. The molecule has 0 amide bonds. The van der Waals surface area contributed by atoms with Crippen molar-refractivity contribution >= 4 is 0 Å². The van der Waals surface area contributed by atoms with Crippen LogP contribution in [0, 0.1) is 11.3 Å². The average molecular weight is 264 g/mol. The second-order valence-corrected chi connectivity index (χ2v) is 5.48. The molecule has 2 unspecified atom stereocenters. The lowest BCUT2D eigenvalue weighted by atomic mass is 9.81. The number of nitrogens with zero attached hydrogens (tertiary/aromatic N) is 2. The molecule has 0 bridgehead atoms. The van der Waals surface area contributed by atoms with Crippen molar-refractivity contribution in [1.29, 1.82) is 5.26 Å². The molecule has 1 aliphatic rings. The number of fused-ring (bicyclic) bond motifs is 1. The van der Waals surface area contributed by atoms with Gasteiger partial charge in [-0.05, 0) is 49.1 Å². The molecular formula is C17H16N2O. The summed E-state index contributed by atoms with van der Waals surface area (Å²) in [6.45, 7) is 1.84. The van der Waals surface area contributed by atoms with Crippen molar-refractivity contribution in [2.24, 2.45) is 0 Å². The molecule has 1 aliphatic carbocycles. The molecule has 0 fully saturated rings. The van der Waals surface area contributed by atoms with Crippen LogP contribution in [0.4, 0.5) is 0 Å². The molecule has 3 heteroatoms. The highest BCUT2D eigenvalue weighted by Gasteiger charge is 2.39. The lowest BCUT2D eigenvalue weighted by Crippen LogP contribution is -2.29. The number of aryl methyl sites for hydroxylation is 1. The largest absolute Gasteiger partial charge is 0.385 e. The van der Waals surface area contributed by atoms with Gasteiger partial charge >= 0.3 is 0 Å². The van der Waals surface area contributed by atoms with E-state index in [4.69, 9.17) is 5.26 Å². The summed E-state index contributed by atoms with van der Waals surface area (Å²) in [5, 5.41) is 19.8. The summed E-state index contributed by atoms with van der Waals surface area (Å²) >= 11 is 0. The maximum atomic E-state index is 11.0. The van der Waals surface area contributed by atoms with Crippen LogP contribution in [0.1, 0.15) is 41.6 Å². The van der Waals surface area contributed by atoms with Crippen molar-refractivity contribution in [1.82, 2.24) is 4.98 Å². The Kier molecular flexibility index (Phi) is 3.04. The van der Waals surface area contributed by atoms with Gasteiger partial charge in [-0.3, -0.25) is 4.98 Å². The van der Waals surface area contributed by atoms with E-state index in [1.165, 1.54) is 5.56 Å². The Bertz CT molecular complexity index is 668. The van der Waals surface area contributed by atoms with E-state index in [-0.39, 0.29) is 5.92 Å². The lowest BCUT2D eigenvalue weighted by molar-refractivity contribution is 0.0256. The standard InChI is InChI=1S/C17H16N2O/c1-17(20,14-7-4-12(11-18)5-8-14)15-9-6-13-3-2-10-19-16(13)15/h2-5,7-8,10,15,20H,6,9H2,1H3. The first-order valence-corrected chi connectivity index (χ1v) is 6.79. The number of hydrogen-bond donors (Lipinski definition) is 1. The maximum Gasteiger partial charge on any atom is 0.0991 e. The van der Waals surface area contributed by atoms with E-state index in [1.807, 2.05) is 25.1 Å². The fourth-order valence-corrected chi connectivity index (χ4v) is 3.04. The van der Waals surface area contributed by atoms with Gasteiger partial charge in [0.1, 0.15) is 0 Å². The molecule has 1 heterocycles. The highest BCUT2D eigenvalue weighted by molar-refractivity contribution is 5.38. The second-order valence-electron chi connectivity index (χ2n) is 5.48. The van der Waals surface area contributed by atoms with Crippen LogP contribution in [0.15, 0.2) is 42.6 Å². The first kappa shape index (κ1) is 12.8. The number of hydrogen-bond acceptors (Lipinski definition) is 3. The average Bonchev–Trinajstić information content (AvgIpc) is 2.92. The SMILES string of the molecule is CC(O)(c1ccc(C#N)cc1)C1CCc2cccnc21. The molecule has 1 aromatic carbocycles. The van der Waals surface area contributed by atoms with Gasteiger partial charge in [-0.15, -0.1) is 0 Å². The molecule has 2 aromatic rings. The third-order valence-corrected chi connectivity index (χ3v) is 4.24. The summed E-state index contributed by atoms with van der Waals surface area (Å²) in [5.41, 5.74) is 2.70. The summed E-state index contributed by atoms with van der Waals surface area (Å²) in [4.78, 5) is 4.45. The predicted octanol–water partition coefficient (Wildman–Crippen LogP) is 2.89. The van der Waals surface area contributed by atoms with Gasteiger partial charge < -0.3 is 5.11 Å². The van der Waals surface area contributed by atoms with Gasteiger partial charge in [0.25, 0.3) is 0 Å². The Balaban J connectivity index is 1.98. The Morgan fingerprint density at radius 1 is 1.30 bits per heavy atom. The molecule has 1 aromatic heterocycles. The molecule has 0 radical (unpaired) electrons. The zero-order valence-corrected chi connectivity index (χ0v) is 11.4. The third-order valence-electron chi connectivity index (χ3n) is 4.24. The van der Waals surface area contributed by atoms with Crippen molar-refractivity contribution in [3.05, 3.63) is 65.0 Å². The highest BCUT2D eigenvalue weighted by Crippen LogP contribution is 2.44. The quantitative estimate of drug-likeness (QED) is 0.907. The minimum absolute atomic E-state index is 0.00614. The molecular weight excluding hydrogens is 248 g/mol. The Labute approximate surface area is 118 Å².